The number of benzene rings is 1. The SMILES string of the molecule is CCCCS(=O)(=O)Nc1ccc(NC(=O)CNCC2CC2)cc1. The minimum atomic E-state index is -3.29. The highest BCUT2D eigenvalue weighted by Crippen LogP contribution is 2.27. The van der Waals surface area contributed by atoms with Gasteiger partial charge in [-0.2, -0.15) is 0 Å². The number of sulfonamides is 1. The average Bonchev–Trinajstić information content (AvgIpc) is 3.31. The second-order valence-corrected chi connectivity index (χ2v) is 7.82. The zero-order chi connectivity index (χ0) is 16.7. The van der Waals surface area contributed by atoms with E-state index in [4.69, 9.17) is 0 Å². The Morgan fingerprint density at radius 1 is 1.17 bits per heavy atom. The number of rotatable bonds is 10. The monoisotopic (exact) mass is 339 g/mol. The van der Waals surface area contributed by atoms with E-state index in [9.17, 15) is 13.2 Å². The van der Waals surface area contributed by atoms with Crippen LogP contribution in [0.1, 0.15) is 32.6 Å². The summed E-state index contributed by atoms with van der Waals surface area (Å²) < 4.78 is 26.2. The van der Waals surface area contributed by atoms with E-state index in [1.54, 1.807) is 24.3 Å². The minimum Gasteiger partial charge on any atom is -0.325 e. The Kier molecular flexibility index (Phi) is 6.41. The molecule has 1 aliphatic rings. The summed E-state index contributed by atoms with van der Waals surface area (Å²) in [4.78, 5) is 11.8. The lowest BCUT2D eigenvalue weighted by Gasteiger charge is -2.09. The first kappa shape index (κ1) is 17.7. The minimum absolute atomic E-state index is 0.0954. The third-order valence-corrected chi connectivity index (χ3v) is 5.00. The maximum absolute atomic E-state index is 11.8. The van der Waals surface area contributed by atoms with Gasteiger partial charge in [-0.25, -0.2) is 8.42 Å². The summed E-state index contributed by atoms with van der Waals surface area (Å²) in [6.45, 7) is 3.14. The topological polar surface area (TPSA) is 87.3 Å². The van der Waals surface area contributed by atoms with Crippen LogP contribution in [-0.4, -0.2) is 33.2 Å². The van der Waals surface area contributed by atoms with Gasteiger partial charge in [0, 0.05) is 11.4 Å². The van der Waals surface area contributed by atoms with Gasteiger partial charge in [0.2, 0.25) is 15.9 Å². The number of carbonyl (C=O) groups is 1. The molecule has 0 spiro atoms. The summed E-state index contributed by atoms with van der Waals surface area (Å²) in [5.41, 5.74) is 1.16. The molecular formula is C16H25N3O3S. The highest BCUT2D eigenvalue weighted by molar-refractivity contribution is 7.92. The summed E-state index contributed by atoms with van der Waals surface area (Å²) >= 11 is 0. The number of anilines is 2. The van der Waals surface area contributed by atoms with Crippen molar-refractivity contribution in [2.24, 2.45) is 5.92 Å². The van der Waals surface area contributed by atoms with Crippen molar-refractivity contribution in [3.8, 4) is 0 Å². The van der Waals surface area contributed by atoms with Gasteiger partial charge >= 0.3 is 0 Å². The largest absolute Gasteiger partial charge is 0.325 e. The maximum atomic E-state index is 11.8. The van der Waals surface area contributed by atoms with Crippen molar-refractivity contribution in [3.05, 3.63) is 24.3 Å². The van der Waals surface area contributed by atoms with Gasteiger partial charge in [0.15, 0.2) is 0 Å². The lowest BCUT2D eigenvalue weighted by molar-refractivity contribution is -0.115. The normalized spacial score (nSPS) is 14.5. The van der Waals surface area contributed by atoms with E-state index in [1.165, 1.54) is 12.8 Å². The molecule has 23 heavy (non-hydrogen) atoms. The molecule has 0 atom stereocenters. The number of unbranched alkanes of at least 4 members (excludes halogenated alkanes) is 1. The van der Waals surface area contributed by atoms with Gasteiger partial charge in [0.1, 0.15) is 0 Å². The van der Waals surface area contributed by atoms with Gasteiger partial charge in [-0.05, 0) is 56.0 Å². The Morgan fingerprint density at radius 2 is 1.83 bits per heavy atom. The van der Waals surface area contributed by atoms with Crippen molar-refractivity contribution >= 4 is 27.3 Å². The average molecular weight is 339 g/mol. The molecule has 1 saturated carbocycles. The molecule has 0 radical (unpaired) electrons. The molecule has 1 fully saturated rings. The number of carbonyl (C=O) groups excluding carboxylic acids is 1. The zero-order valence-electron chi connectivity index (χ0n) is 13.5. The Hall–Kier alpha value is -1.60. The first-order valence-corrected chi connectivity index (χ1v) is 9.75. The first-order chi connectivity index (χ1) is 11.0. The van der Waals surface area contributed by atoms with Gasteiger partial charge in [-0.15, -0.1) is 0 Å². The second kappa shape index (κ2) is 8.31. The number of hydrogen-bond acceptors (Lipinski definition) is 4. The van der Waals surface area contributed by atoms with Gasteiger partial charge < -0.3 is 10.6 Å². The summed E-state index contributed by atoms with van der Waals surface area (Å²) in [5.74, 6) is 0.763. The lowest BCUT2D eigenvalue weighted by atomic mass is 10.3. The van der Waals surface area contributed by atoms with Crippen molar-refractivity contribution in [2.75, 3.05) is 28.9 Å². The smallest absolute Gasteiger partial charge is 0.238 e. The van der Waals surface area contributed by atoms with E-state index < -0.39 is 10.0 Å². The molecule has 1 aromatic rings. The summed E-state index contributed by atoms with van der Waals surface area (Å²) in [6.07, 6.45) is 3.98. The number of hydrogen-bond donors (Lipinski definition) is 3. The molecule has 0 saturated heterocycles. The van der Waals surface area contributed by atoms with E-state index in [2.05, 4.69) is 15.4 Å². The van der Waals surface area contributed by atoms with Crippen LogP contribution in [0.4, 0.5) is 11.4 Å². The highest BCUT2D eigenvalue weighted by Gasteiger charge is 2.20. The van der Waals surface area contributed by atoms with E-state index in [0.717, 1.165) is 18.9 Å². The van der Waals surface area contributed by atoms with Crippen LogP contribution < -0.4 is 15.4 Å². The predicted molar refractivity (Wildman–Crippen MR) is 93.0 cm³/mol. The van der Waals surface area contributed by atoms with Gasteiger partial charge in [0.05, 0.1) is 12.3 Å². The highest BCUT2D eigenvalue weighted by atomic mass is 32.2. The molecule has 0 heterocycles. The molecule has 1 aliphatic carbocycles. The molecule has 0 bridgehead atoms. The van der Waals surface area contributed by atoms with Crippen LogP contribution in [0.2, 0.25) is 0 Å². The van der Waals surface area contributed by atoms with Crippen molar-refractivity contribution in [1.29, 1.82) is 0 Å². The van der Waals surface area contributed by atoms with Crippen molar-refractivity contribution in [2.45, 2.75) is 32.6 Å². The predicted octanol–water partition coefficient (Wildman–Crippen LogP) is 2.17. The first-order valence-electron chi connectivity index (χ1n) is 8.09. The van der Waals surface area contributed by atoms with Crippen LogP contribution >= 0.6 is 0 Å². The summed E-state index contributed by atoms with van der Waals surface area (Å²) in [5, 5.41) is 5.91. The van der Waals surface area contributed by atoms with Crippen LogP contribution in [0.5, 0.6) is 0 Å². The van der Waals surface area contributed by atoms with Crippen LogP contribution in [0.3, 0.4) is 0 Å². The van der Waals surface area contributed by atoms with Crippen molar-refractivity contribution < 1.29 is 13.2 Å². The Bertz CT molecular complexity index is 610. The van der Waals surface area contributed by atoms with E-state index in [0.29, 0.717) is 24.3 Å². The Labute approximate surface area is 138 Å². The third-order valence-electron chi connectivity index (χ3n) is 3.62. The van der Waals surface area contributed by atoms with Crippen LogP contribution in [0.25, 0.3) is 0 Å². The molecule has 0 aromatic heterocycles. The fraction of sp³-hybridized carbons (Fsp3) is 0.562. The molecule has 7 heteroatoms. The fourth-order valence-corrected chi connectivity index (χ4v) is 3.37. The maximum Gasteiger partial charge on any atom is 0.238 e. The van der Waals surface area contributed by atoms with Crippen molar-refractivity contribution in [1.82, 2.24) is 5.32 Å². The zero-order valence-corrected chi connectivity index (χ0v) is 14.3. The van der Waals surface area contributed by atoms with E-state index in [-0.39, 0.29) is 11.7 Å². The molecular weight excluding hydrogens is 314 g/mol. The molecule has 2 rings (SSSR count). The summed E-state index contributed by atoms with van der Waals surface area (Å²) in [7, 11) is -3.29. The van der Waals surface area contributed by atoms with Crippen LogP contribution in [0, 0.1) is 5.92 Å². The molecule has 1 amide bonds. The van der Waals surface area contributed by atoms with Gasteiger partial charge in [0.25, 0.3) is 0 Å². The number of amides is 1. The molecule has 0 unspecified atom stereocenters. The van der Waals surface area contributed by atoms with E-state index in [1.807, 2.05) is 6.92 Å². The number of nitrogens with one attached hydrogen (secondary N) is 3. The molecule has 1 aromatic carbocycles. The fourth-order valence-electron chi connectivity index (χ4n) is 2.10. The standard InChI is InChI=1S/C16H25N3O3S/c1-2-3-10-23(21,22)19-15-8-6-14(7-9-15)18-16(20)12-17-11-13-4-5-13/h6-9,13,17,19H,2-5,10-12H2,1H3,(H,18,20). The quantitative estimate of drug-likeness (QED) is 0.610. The molecule has 128 valence electrons. The van der Waals surface area contributed by atoms with Crippen LogP contribution in [0.15, 0.2) is 24.3 Å². The Morgan fingerprint density at radius 3 is 2.43 bits per heavy atom. The molecule has 6 nitrogen and oxygen atoms in total. The van der Waals surface area contributed by atoms with Gasteiger partial charge in [-0.3, -0.25) is 9.52 Å². The van der Waals surface area contributed by atoms with Crippen LogP contribution in [-0.2, 0) is 14.8 Å². The molecule has 3 N–H and O–H groups in total. The summed E-state index contributed by atoms with van der Waals surface area (Å²) in [6, 6.07) is 6.68. The third kappa shape index (κ3) is 7.00. The van der Waals surface area contributed by atoms with Crippen molar-refractivity contribution in [3.63, 3.8) is 0 Å². The lowest BCUT2D eigenvalue weighted by Crippen LogP contribution is -2.29. The molecule has 0 aliphatic heterocycles. The van der Waals surface area contributed by atoms with Gasteiger partial charge in [-0.1, -0.05) is 13.3 Å². The van der Waals surface area contributed by atoms with E-state index >= 15 is 0 Å². The second-order valence-electron chi connectivity index (χ2n) is 5.97. The Balaban J connectivity index is 1.77.